The topological polar surface area (TPSA) is 168 Å². The number of carboxylic acid groups (broad SMARTS) is 2. The molecule has 0 rings (SSSR count). The summed E-state index contributed by atoms with van der Waals surface area (Å²) < 4.78 is 6.80. The molecule has 0 aliphatic heterocycles. The molecule has 0 amide bonds. The zero-order valence-corrected chi connectivity index (χ0v) is 7.39. The molecular weight excluding hydrogens is 255 g/mol. The van der Waals surface area contributed by atoms with Gasteiger partial charge in [0, 0.05) is 0 Å². The second kappa shape index (κ2) is 7.97. The molecule has 0 aromatic carbocycles. The summed E-state index contributed by atoms with van der Waals surface area (Å²) in [7, 11) is 0. The van der Waals surface area contributed by atoms with Crippen LogP contribution in [-0.2, 0) is 19.1 Å². The zero-order chi connectivity index (χ0) is 12.9. The SMILES string of the molecule is O=C(O)OC(=O)C(O)C(O)C(=O)OC(=O)O.[NaH]. The molecule has 92 valence electrons. The molecule has 10 nitrogen and oxygen atoms in total. The number of aliphatic hydroxyl groups excluding tert-OH is 2. The number of esters is 2. The van der Waals surface area contributed by atoms with Crippen molar-refractivity contribution in [1.82, 2.24) is 0 Å². The van der Waals surface area contributed by atoms with Crippen LogP contribution in [0.2, 0.25) is 0 Å². The van der Waals surface area contributed by atoms with E-state index in [0.29, 0.717) is 0 Å². The summed E-state index contributed by atoms with van der Waals surface area (Å²) in [6, 6.07) is 0. The van der Waals surface area contributed by atoms with E-state index in [2.05, 4.69) is 9.47 Å². The summed E-state index contributed by atoms with van der Waals surface area (Å²) >= 11 is 0. The third-order valence-electron chi connectivity index (χ3n) is 1.16. The summed E-state index contributed by atoms with van der Waals surface area (Å²) in [5.41, 5.74) is 0. The van der Waals surface area contributed by atoms with Crippen molar-refractivity contribution >= 4 is 53.8 Å². The van der Waals surface area contributed by atoms with Gasteiger partial charge in [-0.3, -0.25) is 0 Å². The molecule has 2 unspecified atom stereocenters. The number of hydrogen-bond donors (Lipinski definition) is 4. The van der Waals surface area contributed by atoms with Crippen molar-refractivity contribution in [2.45, 2.75) is 12.2 Å². The Bertz CT molecular complexity index is 293. The number of aliphatic hydroxyl groups is 2. The van der Waals surface area contributed by atoms with Gasteiger partial charge in [-0.15, -0.1) is 0 Å². The van der Waals surface area contributed by atoms with Crippen LogP contribution >= 0.6 is 0 Å². The van der Waals surface area contributed by atoms with Crippen molar-refractivity contribution in [3.63, 3.8) is 0 Å². The molecular formula is C6H7NaO10. The van der Waals surface area contributed by atoms with Crippen molar-refractivity contribution in [1.29, 1.82) is 0 Å². The molecule has 17 heavy (non-hydrogen) atoms. The Kier molecular flexibility index (Phi) is 8.52. The van der Waals surface area contributed by atoms with Crippen LogP contribution in [0.4, 0.5) is 9.59 Å². The van der Waals surface area contributed by atoms with Crippen LogP contribution in [0.25, 0.3) is 0 Å². The Labute approximate surface area is 115 Å². The minimum absolute atomic E-state index is 0. The van der Waals surface area contributed by atoms with E-state index >= 15 is 0 Å². The summed E-state index contributed by atoms with van der Waals surface area (Å²) in [6.07, 6.45) is -9.27. The van der Waals surface area contributed by atoms with Gasteiger partial charge in [-0.2, -0.15) is 0 Å². The van der Waals surface area contributed by atoms with E-state index in [4.69, 9.17) is 20.4 Å². The number of carbonyl (C=O) groups excluding carboxylic acids is 2. The Morgan fingerprint density at radius 1 is 0.765 bits per heavy atom. The first-order chi connectivity index (χ1) is 7.25. The first-order valence-corrected chi connectivity index (χ1v) is 3.51. The molecule has 0 saturated carbocycles. The molecule has 0 aromatic rings. The predicted molar refractivity (Wildman–Crippen MR) is 47.4 cm³/mol. The van der Waals surface area contributed by atoms with Gasteiger partial charge < -0.3 is 29.9 Å². The molecule has 0 spiro atoms. The molecule has 2 atom stereocenters. The molecule has 0 saturated heterocycles. The zero-order valence-electron chi connectivity index (χ0n) is 7.39. The molecule has 11 heteroatoms. The van der Waals surface area contributed by atoms with Gasteiger partial charge in [0.25, 0.3) is 0 Å². The Balaban J connectivity index is 0. The first kappa shape index (κ1) is 18.2. The van der Waals surface area contributed by atoms with Crippen molar-refractivity contribution < 1.29 is 49.1 Å². The Morgan fingerprint density at radius 3 is 1.18 bits per heavy atom. The van der Waals surface area contributed by atoms with Crippen LogP contribution < -0.4 is 0 Å². The maximum absolute atomic E-state index is 10.6. The molecule has 4 N–H and O–H groups in total. The van der Waals surface area contributed by atoms with Crippen LogP contribution in [0.15, 0.2) is 0 Å². The number of rotatable bonds is 3. The summed E-state index contributed by atoms with van der Waals surface area (Å²) in [4.78, 5) is 40.9. The molecule has 0 bridgehead atoms. The molecule has 0 fully saturated rings. The normalized spacial score (nSPS) is 12.6. The monoisotopic (exact) mass is 262 g/mol. The molecule has 0 aromatic heterocycles. The van der Waals surface area contributed by atoms with Crippen molar-refractivity contribution in [2.75, 3.05) is 0 Å². The van der Waals surface area contributed by atoms with Crippen LogP contribution in [0.3, 0.4) is 0 Å². The number of ether oxygens (including phenoxy) is 2. The van der Waals surface area contributed by atoms with Gasteiger partial charge in [-0.05, 0) is 0 Å². The van der Waals surface area contributed by atoms with Gasteiger partial charge in [0.2, 0.25) is 0 Å². The fourth-order valence-electron chi connectivity index (χ4n) is 0.551. The van der Waals surface area contributed by atoms with Gasteiger partial charge in [-0.1, -0.05) is 0 Å². The summed E-state index contributed by atoms with van der Waals surface area (Å²) in [6.45, 7) is 0. The molecule has 0 heterocycles. The first-order valence-electron chi connectivity index (χ1n) is 3.51. The van der Waals surface area contributed by atoms with Crippen LogP contribution in [0, 0.1) is 0 Å². The fraction of sp³-hybridized carbons (Fsp3) is 0.333. The number of carbonyl (C=O) groups is 4. The summed E-state index contributed by atoms with van der Waals surface area (Å²) in [5.74, 6) is -3.69. The van der Waals surface area contributed by atoms with E-state index < -0.39 is 36.5 Å². The third-order valence-corrected chi connectivity index (χ3v) is 1.16. The quantitative estimate of drug-likeness (QED) is 0.242. The Morgan fingerprint density at radius 2 is 1.00 bits per heavy atom. The van der Waals surface area contributed by atoms with E-state index in [1.165, 1.54) is 0 Å². The van der Waals surface area contributed by atoms with Crippen molar-refractivity contribution in [3.05, 3.63) is 0 Å². The van der Waals surface area contributed by atoms with Gasteiger partial charge >= 0.3 is 53.8 Å². The van der Waals surface area contributed by atoms with Crippen molar-refractivity contribution in [2.24, 2.45) is 0 Å². The number of hydrogen-bond acceptors (Lipinski definition) is 8. The summed E-state index contributed by atoms with van der Waals surface area (Å²) in [5, 5.41) is 33.6. The molecule has 0 aliphatic carbocycles. The average molecular weight is 262 g/mol. The van der Waals surface area contributed by atoms with Crippen LogP contribution in [-0.4, -0.2) is 86.4 Å². The van der Waals surface area contributed by atoms with E-state index in [9.17, 15) is 19.2 Å². The average Bonchev–Trinajstić information content (AvgIpc) is 2.13. The van der Waals surface area contributed by atoms with Gasteiger partial charge in [-0.25, -0.2) is 19.2 Å². The minimum atomic E-state index is -2.57. The van der Waals surface area contributed by atoms with Gasteiger partial charge in [0.05, 0.1) is 0 Å². The van der Waals surface area contributed by atoms with E-state index in [0.717, 1.165) is 0 Å². The Hall–Kier alpha value is -1.20. The third kappa shape index (κ3) is 6.86. The second-order valence-electron chi connectivity index (χ2n) is 2.26. The molecule has 0 radical (unpaired) electrons. The van der Waals surface area contributed by atoms with E-state index in [1.807, 2.05) is 0 Å². The predicted octanol–water partition coefficient (Wildman–Crippen LogP) is -2.50. The van der Waals surface area contributed by atoms with E-state index in [1.54, 1.807) is 0 Å². The van der Waals surface area contributed by atoms with E-state index in [-0.39, 0.29) is 29.6 Å². The van der Waals surface area contributed by atoms with Crippen LogP contribution in [0.1, 0.15) is 0 Å². The van der Waals surface area contributed by atoms with Gasteiger partial charge in [0.15, 0.2) is 12.2 Å². The fourth-order valence-corrected chi connectivity index (χ4v) is 0.551. The van der Waals surface area contributed by atoms with Crippen LogP contribution in [0.5, 0.6) is 0 Å². The standard InChI is InChI=1S/C6H6O10.Na.H/c7-1(3(9)15-5(11)12)2(8)4(10)16-6(13)14;;/h1-2,7-8H,(H,11,12)(H,13,14);;. The second-order valence-corrected chi connectivity index (χ2v) is 2.26. The molecule has 0 aliphatic rings. The maximum atomic E-state index is 10.6. The van der Waals surface area contributed by atoms with Gasteiger partial charge in [0.1, 0.15) is 0 Å². The van der Waals surface area contributed by atoms with Crippen molar-refractivity contribution in [3.8, 4) is 0 Å².